The van der Waals surface area contributed by atoms with Crippen LogP contribution >= 0.6 is 12.6 Å². The lowest BCUT2D eigenvalue weighted by Crippen LogP contribution is -2.09. The predicted molar refractivity (Wildman–Crippen MR) is 47.4 cm³/mol. The number of nitrogens with two attached hydrogens (primary N) is 1. The average molecular weight is 175 g/mol. The third-order valence-corrected chi connectivity index (χ3v) is 1.74. The molecule has 0 radical (unpaired) electrons. The Morgan fingerprint density at radius 1 is 1.64 bits per heavy atom. The van der Waals surface area contributed by atoms with Crippen LogP contribution in [0.15, 0.2) is 10.5 Å². The summed E-state index contributed by atoms with van der Waals surface area (Å²) in [5.41, 5.74) is 6.03. The SMILES string of the molecule is CCOC(=O)C(S)=C(C)CN. The van der Waals surface area contributed by atoms with E-state index in [1.54, 1.807) is 13.8 Å². The monoisotopic (exact) mass is 175 g/mol. The summed E-state index contributed by atoms with van der Waals surface area (Å²) in [6.07, 6.45) is 0. The molecule has 0 aromatic heterocycles. The zero-order valence-corrected chi connectivity index (χ0v) is 7.65. The van der Waals surface area contributed by atoms with Crippen molar-refractivity contribution in [3.63, 3.8) is 0 Å². The van der Waals surface area contributed by atoms with Gasteiger partial charge in [0.15, 0.2) is 0 Å². The van der Waals surface area contributed by atoms with Crippen LogP contribution < -0.4 is 5.73 Å². The Bertz CT molecular complexity index is 177. The summed E-state index contributed by atoms with van der Waals surface area (Å²) in [6.45, 7) is 4.19. The highest BCUT2D eigenvalue weighted by Crippen LogP contribution is 2.08. The summed E-state index contributed by atoms with van der Waals surface area (Å²) >= 11 is 3.96. The van der Waals surface area contributed by atoms with Gasteiger partial charge in [-0.15, -0.1) is 12.6 Å². The zero-order chi connectivity index (χ0) is 8.85. The lowest BCUT2D eigenvalue weighted by atomic mass is 10.3. The van der Waals surface area contributed by atoms with Crippen LogP contribution in [0, 0.1) is 0 Å². The average Bonchev–Trinajstić information content (AvgIpc) is 2.02. The summed E-state index contributed by atoms with van der Waals surface area (Å²) in [7, 11) is 0. The molecule has 0 fully saturated rings. The molecular weight excluding hydrogens is 162 g/mol. The molecular formula is C7H13NO2S. The lowest BCUT2D eigenvalue weighted by molar-refractivity contribution is -0.137. The smallest absolute Gasteiger partial charge is 0.344 e. The van der Waals surface area contributed by atoms with Crippen LogP contribution in [0.1, 0.15) is 13.8 Å². The summed E-state index contributed by atoms with van der Waals surface area (Å²) in [6, 6.07) is 0. The molecule has 0 saturated carbocycles. The maximum Gasteiger partial charge on any atom is 0.344 e. The highest BCUT2D eigenvalue weighted by atomic mass is 32.1. The first-order valence-corrected chi connectivity index (χ1v) is 3.84. The van der Waals surface area contributed by atoms with Crippen molar-refractivity contribution in [2.75, 3.05) is 13.2 Å². The van der Waals surface area contributed by atoms with Crippen molar-refractivity contribution < 1.29 is 9.53 Å². The van der Waals surface area contributed by atoms with Crippen LogP contribution in [0.25, 0.3) is 0 Å². The van der Waals surface area contributed by atoms with E-state index >= 15 is 0 Å². The number of carbonyl (C=O) groups is 1. The number of thiol groups is 1. The molecule has 0 atom stereocenters. The summed E-state index contributed by atoms with van der Waals surface area (Å²) in [4.78, 5) is 11.2. The Morgan fingerprint density at radius 2 is 2.18 bits per heavy atom. The first-order valence-electron chi connectivity index (χ1n) is 3.39. The van der Waals surface area contributed by atoms with Crippen molar-refractivity contribution in [3.05, 3.63) is 10.5 Å². The number of rotatable bonds is 3. The fourth-order valence-electron chi connectivity index (χ4n) is 0.470. The van der Waals surface area contributed by atoms with Gasteiger partial charge < -0.3 is 10.5 Å². The summed E-state index contributed by atoms with van der Waals surface area (Å²) < 4.78 is 4.70. The third kappa shape index (κ3) is 3.43. The van der Waals surface area contributed by atoms with E-state index in [0.29, 0.717) is 18.1 Å². The maximum absolute atomic E-state index is 10.9. The molecule has 0 aromatic carbocycles. The highest BCUT2D eigenvalue weighted by Gasteiger charge is 2.07. The van der Waals surface area contributed by atoms with Gasteiger partial charge in [-0.05, 0) is 19.4 Å². The second-order valence-electron chi connectivity index (χ2n) is 2.05. The van der Waals surface area contributed by atoms with Gasteiger partial charge in [0.25, 0.3) is 0 Å². The lowest BCUT2D eigenvalue weighted by Gasteiger charge is -2.03. The first kappa shape index (κ1) is 10.5. The molecule has 0 amide bonds. The van der Waals surface area contributed by atoms with Crippen LogP contribution in [0.4, 0.5) is 0 Å². The Labute approximate surface area is 72.0 Å². The Morgan fingerprint density at radius 3 is 2.55 bits per heavy atom. The van der Waals surface area contributed by atoms with Crippen LogP contribution in [0.3, 0.4) is 0 Å². The van der Waals surface area contributed by atoms with E-state index < -0.39 is 5.97 Å². The maximum atomic E-state index is 10.9. The Balaban J connectivity index is 4.22. The number of hydrogen-bond acceptors (Lipinski definition) is 4. The zero-order valence-electron chi connectivity index (χ0n) is 6.76. The van der Waals surface area contributed by atoms with Crippen LogP contribution in [0.5, 0.6) is 0 Å². The number of ether oxygens (including phenoxy) is 1. The molecule has 0 spiro atoms. The van der Waals surface area contributed by atoms with E-state index in [-0.39, 0.29) is 0 Å². The highest BCUT2D eigenvalue weighted by molar-refractivity contribution is 7.85. The van der Waals surface area contributed by atoms with Crippen LogP contribution in [0.2, 0.25) is 0 Å². The molecule has 11 heavy (non-hydrogen) atoms. The fourth-order valence-corrected chi connectivity index (χ4v) is 0.626. The molecule has 0 aliphatic carbocycles. The molecule has 3 nitrogen and oxygen atoms in total. The number of hydrogen-bond donors (Lipinski definition) is 2. The van der Waals surface area contributed by atoms with Crippen molar-refractivity contribution in [2.45, 2.75) is 13.8 Å². The van der Waals surface area contributed by atoms with E-state index in [9.17, 15) is 4.79 Å². The van der Waals surface area contributed by atoms with E-state index in [0.717, 1.165) is 5.57 Å². The number of carbonyl (C=O) groups excluding carboxylic acids is 1. The minimum Gasteiger partial charge on any atom is -0.462 e. The quantitative estimate of drug-likeness (QED) is 0.377. The second kappa shape index (κ2) is 5.21. The minimum absolute atomic E-state index is 0.314. The standard InChI is InChI=1S/C7H13NO2S/c1-3-10-7(9)6(11)5(2)4-8/h11H,3-4,8H2,1-2H3. The summed E-state index contributed by atoms with van der Waals surface area (Å²) in [5, 5.41) is 0. The molecule has 0 aliphatic heterocycles. The molecule has 0 heterocycles. The van der Waals surface area contributed by atoms with E-state index in [2.05, 4.69) is 12.6 Å². The third-order valence-electron chi connectivity index (χ3n) is 1.18. The Hall–Kier alpha value is -0.480. The van der Waals surface area contributed by atoms with Gasteiger partial charge in [-0.2, -0.15) is 0 Å². The van der Waals surface area contributed by atoms with Gasteiger partial charge in [0.1, 0.15) is 0 Å². The van der Waals surface area contributed by atoms with Crippen molar-refractivity contribution in [3.8, 4) is 0 Å². The van der Waals surface area contributed by atoms with E-state index in [1.165, 1.54) is 0 Å². The minimum atomic E-state index is -0.404. The van der Waals surface area contributed by atoms with Gasteiger partial charge in [-0.25, -0.2) is 4.79 Å². The van der Waals surface area contributed by atoms with Crippen LogP contribution in [-0.2, 0) is 9.53 Å². The normalized spacial score (nSPS) is 12.4. The molecule has 0 rings (SSSR count). The predicted octanol–water partition coefficient (Wildman–Crippen LogP) is 0.712. The Kier molecular flexibility index (Phi) is 4.98. The van der Waals surface area contributed by atoms with Gasteiger partial charge >= 0.3 is 5.97 Å². The molecule has 0 saturated heterocycles. The molecule has 64 valence electrons. The molecule has 2 N–H and O–H groups in total. The van der Waals surface area contributed by atoms with Crippen molar-refractivity contribution in [1.29, 1.82) is 0 Å². The van der Waals surface area contributed by atoms with Crippen molar-refractivity contribution in [2.24, 2.45) is 5.73 Å². The van der Waals surface area contributed by atoms with E-state index in [1.807, 2.05) is 0 Å². The molecule has 4 heteroatoms. The van der Waals surface area contributed by atoms with Gasteiger partial charge in [0, 0.05) is 6.54 Å². The summed E-state index contributed by atoms with van der Waals surface area (Å²) in [5.74, 6) is -0.404. The fraction of sp³-hybridized carbons (Fsp3) is 0.571. The molecule has 0 unspecified atom stereocenters. The van der Waals surface area contributed by atoms with Crippen molar-refractivity contribution >= 4 is 18.6 Å². The molecule has 0 bridgehead atoms. The molecule has 0 aromatic rings. The molecule has 0 aliphatic rings. The second-order valence-corrected chi connectivity index (χ2v) is 2.50. The largest absolute Gasteiger partial charge is 0.462 e. The topological polar surface area (TPSA) is 52.3 Å². The first-order chi connectivity index (χ1) is 5.13. The van der Waals surface area contributed by atoms with Crippen LogP contribution in [-0.4, -0.2) is 19.1 Å². The van der Waals surface area contributed by atoms with Gasteiger partial charge in [0.2, 0.25) is 0 Å². The van der Waals surface area contributed by atoms with E-state index in [4.69, 9.17) is 10.5 Å². The number of esters is 1. The van der Waals surface area contributed by atoms with Gasteiger partial charge in [-0.3, -0.25) is 0 Å². The van der Waals surface area contributed by atoms with Crippen molar-refractivity contribution in [1.82, 2.24) is 0 Å². The van der Waals surface area contributed by atoms with Gasteiger partial charge in [-0.1, -0.05) is 0 Å². The van der Waals surface area contributed by atoms with Gasteiger partial charge in [0.05, 0.1) is 11.5 Å².